The van der Waals surface area contributed by atoms with Gasteiger partial charge in [0.2, 0.25) is 0 Å². The fourth-order valence-electron chi connectivity index (χ4n) is 4.75. The Morgan fingerprint density at radius 3 is 2.48 bits per heavy atom. The molecular formula is C20H34O4Si. The second kappa shape index (κ2) is 6.91. The molecule has 0 amide bonds. The lowest BCUT2D eigenvalue weighted by molar-refractivity contribution is -0.137. The van der Waals surface area contributed by atoms with Crippen molar-refractivity contribution in [1.82, 2.24) is 0 Å². The maximum Gasteiger partial charge on any atom is 0.192 e. The molecule has 0 aromatic rings. The Hall–Kier alpha value is -0.493. The van der Waals surface area contributed by atoms with Crippen LogP contribution in [0.4, 0.5) is 0 Å². The summed E-state index contributed by atoms with van der Waals surface area (Å²) in [6.07, 6.45) is 7.31. The van der Waals surface area contributed by atoms with Crippen LogP contribution in [0.5, 0.6) is 0 Å². The van der Waals surface area contributed by atoms with E-state index in [1.165, 1.54) is 0 Å². The van der Waals surface area contributed by atoms with E-state index in [-0.39, 0.29) is 22.8 Å². The van der Waals surface area contributed by atoms with Crippen LogP contribution < -0.4 is 0 Å². The van der Waals surface area contributed by atoms with Crippen LogP contribution in [0.15, 0.2) is 12.2 Å². The fourth-order valence-corrected chi connectivity index (χ4v) is 6.13. The molecule has 0 aliphatic heterocycles. The van der Waals surface area contributed by atoms with E-state index in [9.17, 15) is 4.79 Å². The summed E-state index contributed by atoms with van der Waals surface area (Å²) in [6.45, 7) is 11.8. The molecule has 0 unspecified atom stereocenters. The third-order valence-electron chi connectivity index (χ3n) is 7.06. The van der Waals surface area contributed by atoms with Gasteiger partial charge in [-0.25, -0.2) is 0 Å². The zero-order valence-electron chi connectivity index (χ0n) is 16.6. The SMILES string of the molecule is COCO[C@H]1C[C@H]2C(=O)C=C[C@H]2[C@H]2C[C@H](O[Si](C)(C)C(C)(C)C)C[C@@H]21. The van der Waals surface area contributed by atoms with E-state index in [1.807, 2.05) is 0 Å². The summed E-state index contributed by atoms with van der Waals surface area (Å²) in [5.74, 6) is 1.74. The van der Waals surface area contributed by atoms with Gasteiger partial charge >= 0.3 is 0 Å². The molecule has 2 fully saturated rings. The molecule has 3 rings (SSSR count). The van der Waals surface area contributed by atoms with E-state index in [0.717, 1.165) is 19.3 Å². The molecule has 6 atom stereocenters. The second-order valence-electron chi connectivity index (χ2n) is 9.59. The summed E-state index contributed by atoms with van der Waals surface area (Å²) < 4.78 is 17.9. The molecular weight excluding hydrogens is 332 g/mol. The van der Waals surface area contributed by atoms with Gasteiger partial charge in [0, 0.05) is 19.1 Å². The molecule has 0 aromatic carbocycles. The summed E-state index contributed by atoms with van der Waals surface area (Å²) in [5, 5.41) is 0.221. The zero-order valence-corrected chi connectivity index (χ0v) is 17.6. The minimum Gasteiger partial charge on any atom is -0.414 e. The molecule has 142 valence electrons. The number of fused-ring (bicyclic) bond motifs is 3. The summed E-state index contributed by atoms with van der Waals surface area (Å²) in [5.41, 5.74) is 0. The van der Waals surface area contributed by atoms with Gasteiger partial charge in [-0.15, -0.1) is 0 Å². The first-order valence-corrected chi connectivity index (χ1v) is 12.6. The zero-order chi connectivity index (χ0) is 18.4. The molecule has 0 bridgehead atoms. The third-order valence-corrected chi connectivity index (χ3v) is 11.6. The van der Waals surface area contributed by atoms with Crippen molar-refractivity contribution in [2.24, 2.45) is 23.7 Å². The average Bonchev–Trinajstić information content (AvgIpc) is 3.07. The van der Waals surface area contributed by atoms with Crippen molar-refractivity contribution in [3.8, 4) is 0 Å². The molecule has 0 heterocycles. The topological polar surface area (TPSA) is 44.8 Å². The molecule has 0 aromatic heterocycles. The highest BCUT2D eigenvalue weighted by molar-refractivity contribution is 6.74. The number of rotatable bonds is 5. The Morgan fingerprint density at radius 1 is 1.16 bits per heavy atom. The van der Waals surface area contributed by atoms with Crippen LogP contribution in [0.25, 0.3) is 0 Å². The molecule has 2 saturated carbocycles. The molecule has 0 spiro atoms. The first kappa shape index (κ1) is 19.3. The summed E-state index contributed by atoms with van der Waals surface area (Å²) in [6, 6.07) is 0. The molecule has 4 nitrogen and oxygen atoms in total. The standard InChI is InChI=1S/C20H34O4Si/c1-20(2,3)25(5,6)24-13-9-15-14-7-8-18(21)16(14)11-19(17(15)10-13)23-12-22-4/h7-8,13-17,19H,9-12H2,1-6H3/t13-,14-,15+,16+,17-,19-/m0/s1. The van der Waals surface area contributed by atoms with E-state index in [1.54, 1.807) is 13.2 Å². The van der Waals surface area contributed by atoms with E-state index in [2.05, 4.69) is 39.9 Å². The molecule has 25 heavy (non-hydrogen) atoms. The number of ketones is 1. The minimum absolute atomic E-state index is 0.106. The highest BCUT2D eigenvalue weighted by Gasteiger charge is 2.53. The number of ether oxygens (including phenoxy) is 2. The maximum absolute atomic E-state index is 12.3. The van der Waals surface area contributed by atoms with Crippen LogP contribution in [0.3, 0.4) is 0 Å². The van der Waals surface area contributed by atoms with E-state index < -0.39 is 8.32 Å². The highest BCUT2D eigenvalue weighted by atomic mass is 28.4. The number of hydrogen-bond donors (Lipinski definition) is 0. The first-order valence-electron chi connectivity index (χ1n) is 9.64. The van der Waals surface area contributed by atoms with Crippen molar-refractivity contribution in [3.05, 3.63) is 12.2 Å². The van der Waals surface area contributed by atoms with E-state index >= 15 is 0 Å². The van der Waals surface area contributed by atoms with Crippen LogP contribution in [0.2, 0.25) is 18.1 Å². The fraction of sp³-hybridized carbons (Fsp3) is 0.850. The first-order chi connectivity index (χ1) is 11.6. The van der Waals surface area contributed by atoms with Gasteiger partial charge in [-0.05, 0) is 61.2 Å². The van der Waals surface area contributed by atoms with Crippen LogP contribution in [-0.2, 0) is 18.7 Å². The van der Waals surface area contributed by atoms with Crippen LogP contribution >= 0.6 is 0 Å². The van der Waals surface area contributed by atoms with E-state index in [4.69, 9.17) is 13.9 Å². The molecule has 0 saturated heterocycles. The summed E-state index contributed by atoms with van der Waals surface area (Å²) >= 11 is 0. The Morgan fingerprint density at radius 2 is 1.84 bits per heavy atom. The third kappa shape index (κ3) is 3.66. The van der Waals surface area contributed by atoms with Gasteiger partial charge in [-0.1, -0.05) is 26.8 Å². The smallest absolute Gasteiger partial charge is 0.192 e. The number of carbonyl (C=O) groups excluding carboxylic acids is 1. The number of methoxy groups -OCH3 is 1. The molecule has 0 N–H and O–H groups in total. The van der Waals surface area contributed by atoms with Crippen LogP contribution in [0, 0.1) is 23.7 Å². The van der Waals surface area contributed by atoms with Crippen molar-refractivity contribution < 1.29 is 18.7 Å². The maximum atomic E-state index is 12.3. The Kier molecular flexibility index (Phi) is 5.33. The molecule has 0 radical (unpaired) electrons. The predicted octanol–water partition coefficient (Wildman–Crippen LogP) is 4.17. The minimum atomic E-state index is -1.78. The normalized spacial score (nSPS) is 38.1. The van der Waals surface area contributed by atoms with Crippen molar-refractivity contribution in [3.63, 3.8) is 0 Å². The average molecular weight is 367 g/mol. The Balaban J connectivity index is 1.75. The van der Waals surface area contributed by atoms with Gasteiger partial charge in [-0.3, -0.25) is 4.79 Å². The lowest BCUT2D eigenvalue weighted by Crippen LogP contribution is -2.43. The largest absolute Gasteiger partial charge is 0.414 e. The van der Waals surface area contributed by atoms with Gasteiger partial charge < -0.3 is 13.9 Å². The van der Waals surface area contributed by atoms with Crippen molar-refractivity contribution >= 4 is 14.1 Å². The molecule has 5 heteroatoms. The van der Waals surface area contributed by atoms with Crippen LogP contribution in [-0.4, -0.2) is 40.2 Å². The summed E-state index contributed by atoms with van der Waals surface area (Å²) in [4.78, 5) is 12.3. The lowest BCUT2D eigenvalue weighted by Gasteiger charge is -2.40. The monoisotopic (exact) mass is 366 g/mol. The van der Waals surface area contributed by atoms with Crippen LogP contribution in [0.1, 0.15) is 40.0 Å². The summed E-state index contributed by atoms with van der Waals surface area (Å²) in [7, 11) is -0.123. The van der Waals surface area contributed by atoms with Crippen molar-refractivity contribution in [1.29, 1.82) is 0 Å². The quantitative estimate of drug-likeness (QED) is 0.541. The lowest BCUT2D eigenvalue weighted by atomic mass is 9.67. The number of carbonyl (C=O) groups is 1. The van der Waals surface area contributed by atoms with Gasteiger partial charge in [0.1, 0.15) is 6.79 Å². The predicted molar refractivity (Wildman–Crippen MR) is 101 cm³/mol. The van der Waals surface area contributed by atoms with Gasteiger partial charge in [-0.2, -0.15) is 0 Å². The van der Waals surface area contributed by atoms with Gasteiger partial charge in [0.05, 0.1) is 6.10 Å². The highest BCUT2D eigenvalue weighted by Crippen LogP contribution is 2.53. The van der Waals surface area contributed by atoms with Gasteiger partial charge in [0.15, 0.2) is 14.1 Å². The Labute approximate surface area is 153 Å². The van der Waals surface area contributed by atoms with E-state index in [0.29, 0.717) is 30.7 Å². The van der Waals surface area contributed by atoms with Gasteiger partial charge in [0.25, 0.3) is 0 Å². The van der Waals surface area contributed by atoms with Crippen molar-refractivity contribution in [2.75, 3.05) is 13.9 Å². The van der Waals surface area contributed by atoms with Crippen molar-refractivity contribution in [2.45, 2.75) is 70.4 Å². The number of hydrogen-bond acceptors (Lipinski definition) is 4. The molecule has 3 aliphatic rings. The Bertz CT molecular complexity index is 536. The second-order valence-corrected chi connectivity index (χ2v) is 14.3. The molecule has 3 aliphatic carbocycles. The number of allylic oxidation sites excluding steroid dienone is 2.